The fourth-order valence-electron chi connectivity index (χ4n) is 5.08. The highest BCUT2D eigenvalue weighted by atomic mass is 19.4. The van der Waals surface area contributed by atoms with Gasteiger partial charge in [0.15, 0.2) is 0 Å². The second-order valence-corrected chi connectivity index (χ2v) is 10.2. The predicted molar refractivity (Wildman–Crippen MR) is 161 cm³/mol. The summed E-state index contributed by atoms with van der Waals surface area (Å²) in [5.74, 6) is 0.192. The number of hydrazone groups is 1. The second kappa shape index (κ2) is 13.2. The number of amidine groups is 1. The van der Waals surface area contributed by atoms with Gasteiger partial charge in [0.2, 0.25) is 6.35 Å². The summed E-state index contributed by atoms with van der Waals surface area (Å²) in [6.45, 7) is 2.30. The van der Waals surface area contributed by atoms with Crippen LogP contribution in [0.5, 0.6) is 5.75 Å². The molecule has 4 aromatic rings. The molecule has 1 aliphatic rings. The number of aliphatic hydroxyl groups excluding tert-OH is 1. The van der Waals surface area contributed by atoms with Gasteiger partial charge in [0.05, 0.1) is 36.2 Å². The molecule has 1 atom stereocenters. The van der Waals surface area contributed by atoms with E-state index >= 15 is 0 Å². The molecule has 0 fully saturated rings. The Balaban J connectivity index is 1.29. The van der Waals surface area contributed by atoms with Gasteiger partial charge in [-0.3, -0.25) is 14.7 Å². The molecule has 0 radical (unpaired) electrons. The topological polar surface area (TPSA) is 98.5 Å². The minimum absolute atomic E-state index is 0.133. The molecule has 228 valence electrons. The standard InChI is InChI=1S/C33H31F3N4O4/c1-2-44-29-17-12-24(19-25(29)20-31(41)42)23-10-8-22(9-11-23)5-3-7-30-38-40(27-15-13-26(14-16-27)33(34,35)36)32(43)39(30)28-6-4-18-37-21-28/h4,6,8-19,21,32,43H,2-3,5,7,20H2,1H3,(H,41,42). The fourth-order valence-corrected chi connectivity index (χ4v) is 5.08. The number of pyridine rings is 1. The zero-order valence-electron chi connectivity index (χ0n) is 23.9. The first-order valence-electron chi connectivity index (χ1n) is 14.1. The number of ether oxygens (including phenoxy) is 1. The molecule has 0 saturated heterocycles. The van der Waals surface area contributed by atoms with Crippen LogP contribution in [0.2, 0.25) is 0 Å². The number of rotatable bonds is 11. The lowest BCUT2D eigenvalue weighted by molar-refractivity contribution is -0.138. The van der Waals surface area contributed by atoms with Crippen LogP contribution in [0.3, 0.4) is 0 Å². The van der Waals surface area contributed by atoms with E-state index in [2.05, 4.69) is 10.1 Å². The Kier molecular flexibility index (Phi) is 9.15. The summed E-state index contributed by atoms with van der Waals surface area (Å²) < 4.78 is 44.8. The number of hydrogen-bond donors (Lipinski definition) is 2. The first-order valence-corrected chi connectivity index (χ1v) is 14.1. The zero-order valence-corrected chi connectivity index (χ0v) is 23.9. The van der Waals surface area contributed by atoms with Crippen molar-refractivity contribution < 1.29 is 32.9 Å². The Morgan fingerprint density at radius 3 is 2.32 bits per heavy atom. The number of anilines is 2. The Hall–Kier alpha value is -4.90. The number of aliphatic carboxylic acids is 1. The number of carboxylic acid groups (broad SMARTS) is 1. The lowest BCUT2D eigenvalue weighted by atomic mass is 9.98. The number of hydrogen-bond acceptors (Lipinski definition) is 7. The number of benzene rings is 3. The van der Waals surface area contributed by atoms with Gasteiger partial charge >= 0.3 is 12.1 Å². The van der Waals surface area contributed by atoms with Crippen LogP contribution in [0.15, 0.2) is 96.4 Å². The summed E-state index contributed by atoms with van der Waals surface area (Å²) >= 11 is 0. The lowest BCUT2D eigenvalue weighted by Crippen LogP contribution is -2.42. The monoisotopic (exact) mass is 604 g/mol. The number of nitrogens with zero attached hydrogens (tertiary/aromatic N) is 4. The number of halogens is 3. The molecule has 0 spiro atoms. The Bertz CT molecular complexity index is 1610. The molecule has 44 heavy (non-hydrogen) atoms. The SMILES string of the molecule is CCOc1ccc(-c2ccc(CCCC3=NN(c4ccc(C(F)(F)F)cc4)C(O)N3c3cccnc3)cc2)cc1CC(=O)O. The highest BCUT2D eigenvalue weighted by Gasteiger charge is 2.35. The third kappa shape index (κ3) is 7.00. The summed E-state index contributed by atoms with van der Waals surface area (Å²) in [5.41, 5.74) is 3.68. The third-order valence-corrected chi connectivity index (χ3v) is 7.19. The van der Waals surface area contributed by atoms with Crippen molar-refractivity contribution in [3.05, 3.63) is 108 Å². The van der Waals surface area contributed by atoms with Crippen molar-refractivity contribution in [3.63, 3.8) is 0 Å². The molecule has 0 bridgehead atoms. The van der Waals surface area contributed by atoms with Gasteiger partial charge in [0.25, 0.3) is 0 Å². The van der Waals surface area contributed by atoms with Gasteiger partial charge in [0, 0.05) is 18.2 Å². The summed E-state index contributed by atoms with van der Waals surface area (Å²) in [6, 6.07) is 21.6. The third-order valence-electron chi connectivity index (χ3n) is 7.19. The van der Waals surface area contributed by atoms with Gasteiger partial charge in [-0.1, -0.05) is 30.3 Å². The van der Waals surface area contributed by atoms with Crippen LogP contribution >= 0.6 is 0 Å². The van der Waals surface area contributed by atoms with E-state index in [0.29, 0.717) is 54.4 Å². The van der Waals surface area contributed by atoms with Crippen molar-refractivity contribution in [2.75, 3.05) is 16.5 Å². The normalized spacial score (nSPS) is 14.9. The lowest BCUT2D eigenvalue weighted by Gasteiger charge is -2.27. The van der Waals surface area contributed by atoms with Crippen LogP contribution < -0.4 is 14.6 Å². The van der Waals surface area contributed by atoms with Crippen molar-refractivity contribution in [1.82, 2.24) is 4.98 Å². The van der Waals surface area contributed by atoms with E-state index in [1.165, 1.54) is 17.1 Å². The van der Waals surface area contributed by atoms with E-state index in [1.807, 2.05) is 43.3 Å². The molecule has 1 aliphatic heterocycles. The maximum absolute atomic E-state index is 13.1. The van der Waals surface area contributed by atoms with Crippen molar-refractivity contribution >= 4 is 23.2 Å². The van der Waals surface area contributed by atoms with Crippen molar-refractivity contribution in [3.8, 4) is 16.9 Å². The first kappa shape index (κ1) is 30.6. The number of aliphatic hydroxyl groups is 1. The van der Waals surface area contributed by atoms with Gasteiger partial charge < -0.3 is 14.9 Å². The van der Waals surface area contributed by atoms with Crippen LogP contribution in [0.25, 0.3) is 11.1 Å². The number of carbonyl (C=O) groups is 1. The van der Waals surface area contributed by atoms with Gasteiger partial charge in [-0.05, 0) is 85.0 Å². The van der Waals surface area contributed by atoms with Crippen molar-refractivity contribution in [1.29, 1.82) is 0 Å². The Labute approximate surface area is 252 Å². The molecule has 1 aromatic heterocycles. The molecule has 2 N–H and O–H groups in total. The minimum Gasteiger partial charge on any atom is -0.494 e. The molecule has 11 heteroatoms. The molecule has 0 amide bonds. The van der Waals surface area contributed by atoms with Crippen molar-refractivity contribution in [2.24, 2.45) is 5.10 Å². The predicted octanol–water partition coefficient (Wildman–Crippen LogP) is 6.73. The quantitative estimate of drug-likeness (QED) is 0.196. The molecule has 0 saturated carbocycles. The van der Waals surface area contributed by atoms with Gasteiger partial charge in [-0.2, -0.15) is 18.3 Å². The molecule has 8 nitrogen and oxygen atoms in total. The molecule has 0 aliphatic carbocycles. The van der Waals surface area contributed by atoms with E-state index in [4.69, 9.17) is 4.74 Å². The number of alkyl halides is 3. The molecular formula is C33H31F3N4O4. The molecule has 5 rings (SSSR count). The molecule has 2 heterocycles. The maximum Gasteiger partial charge on any atom is 0.416 e. The van der Waals surface area contributed by atoms with Crippen LogP contribution in [-0.2, 0) is 23.8 Å². The van der Waals surface area contributed by atoms with Crippen LogP contribution in [0, 0.1) is 0 Å². The molecule has 3 aromatic carbocycles. The van der Waals surface area contributed by atoms with E-state index in [0.717, 1.165) is 28.8 Å². The average molecular weight is 605 g/mol. The second-order valence-electron chi connectivity index (χ2n) is 10.2. The van der Waals surface area contributed by atoms with E-state index in [-0.39, 0.29) is 6.42 Å². The van der Waals surface area contributed by atoms with Crippen LogP contribution in [-0.4, -0.2) is 40.0 Å². The fraction of sp³-hybridized carbons (Fsp3) is 0.242. The number of carboxylic acids is 1. The van der Waals surface area contributed by atoms with Crippen LogP contribution in [0.1, 0.15) is 36.5 Å². The summed E-state index contributed by atoms with van der Waals surface area (Å²) in [5, 5.41) is 26.4. The summed E-state index contributed by atoms with van der Waals surface area (Å²) in [7, 11) is 0. The number of aromatic nitrogens is 1. The average Bonchev–Trinajstić information content (AvgIpc) is 3.34. The highest BCUT2D eigenvalue weighted by molar-refractivity contribution is 6.01. The van der Waals surface area contributed by atoms with Gasteiger partial charge in [-0.15, -0.1) is 0 Å². The van der Waals surface area contributed by atoms with Crippen LogP contribution in [0.4, 0.5) is 24.5 Å². The number of aryl methyl sites for hydroxylation is 1. The largest absolute Gasteiger partial charge is 0.494 e. The van der Waals surface area contributed by atoms with E-state index < -0.39 is 24.1 Å². The zero-order chi connectivity index (χ0) is 31.3. The molecule has 1 unspecified atom stereocenters. The summed E-state index contributed by atoms with van der Waals surface area (Å²) in [4.78, 5) is 17.1. The Morgan fingerprint density at radius 2 is 1.68 bits per heavy atom. The first-order chi connectivity index (χ1) is 21.1. The molecular weight excluding hydrogens is 573 g/mol. The van der Waals surface area contributed by atoms with Gasteiger partial charge in [0.1, 0.15) is 11.6 Å². The Morgan fingerprint density at radius 1 is 0.955 bits per heavy atom. The van der Waals surface area contributed by atoms with Gasteiger partial charge in [-0.25, -0.2) is 5.01 Å². The minimum atomic E-state index is -4.46. The maximum atomic E-state index is 13.1. The van der Waals surface area contributed by atoms with E-state index in [9.17, 15) is 28.2 Å². The summed E-state index contributed by atoms with van der Waals surface area (Å²) in [6.07, 6.45) is -0.761. The van der Waals surface area contributed by atoms with Crippen molar-refractivity contribution in [2.45, 2.75) is 45.1 Å². The smallest absolute Gasteiger partial charge is 0.416 e. The van der Waals surface area contributed by atoms with E-state index in [1.54, 1.807) is 35.5 Å². The highest BCUT2D eigenvalue weighted by Crippen LogP contribution is 2.34.